The van der Waals surface area contributed by atoms with Crippen LogP contribution in [-0.2, 0) is 6.42 Å². The van der Waals surface area contributed by atoms with Crippen LogP contribution >= 0.6 is 11.3 Å². The average molecular weight is 252 g/mol. The Bertz CT molecular complexity index is 333. The lowest BCUT2D eigenvalue weighted by atomic mass is 9.94. The Morgan fingerprint density at radius 2 is 2.29 bits per heavy atom. The Morgan fingerprint density at radius 1 is 1.41 bits per heavy atom. The number of aryl methyl sites for hydroxylation is 1. The summed E-state index contributed by atoms with van der Waals surface area (Å²) in [7, 11) is 4.29. The Morgan fingerprint density at radius 3 is 3.12 bits per heavy atom. The second-order valence-electron chi connectivity index (χ2n) is 5.21. The maximum Gasteiger partial charge on any atom is 0.0331 e. The van der Waals surface area contributed by atoms with E-state index in [-0.39, 0.29) is 0 Å². The molecule has 1 heterocycles. The van der Waals surface area contributed by atoms with Gasteiger partial charge in [-0.3, -0.25) is 0 Å². The topological polar surface area (TPSA) is 15.3 Å². The molecule has 2 nitrogen and oxygen atoms in total. The van der Waals surface area contributed by atoms with Crippen molar-refractivity contribution in [1.29, 1.82) is 0 Å². The van der Waals surface area contributed by atoms with Crippen LogP contribution in [-0.4, -0.2) is 32.1 Å². The summed E-state index contributed by atoms with van der Waals surface area (Å²) in [5, 5.41) is 5.97. The zero-order valence-corrected chi connectivity index (χ0v) is 11.9. The molecule has 0 aliphatic heterocycles. The van der Waals surface area contributed by atoms with Gasteiger partial charge in [0.05, 0.1) is 0 Å². The summed E-state index contributed by atoms with van der Waals surface area (Å²) in [5.74, 6) is 0. The van der Waals surface area contributed by atoms with Gasteiger partial charge in [-0.05, 0) is 76.3 Å². The van der Waals surface area contributed by atoms with E-state index in [1.165, 1.54) is 38.6 Å². The quantitative estimate of drug-likeness (QED) is 0.783. The van der Waals surface area contributed by atoms with Gasteiger partial charge in [-0.25, -0.2) is 0 Å². The van der Waals surface area contributed by atoms with E-state index in [4.69, 9.17) is 0 Å². The smallest absolute Gasteiger partial charge is 0.0331 e. The number of rotatable bonds is 6. The predicted molar refractivity (Wildman–Crippen MR) is 75.8 cm³/mol. The minimum Gasteiger partial charge on any atom is -0.310 e. The molecule has 0 saturated heterocycles. The molecule has 0 fully saturated rings. The van der Waals surface area contributed by atoms with E-state index >= 15 is 0 Å². The van der Waals surface area contributed by atoms with Gasteiger partial charge in [0.15, 0.2) is 0 Å². The van der Waals surface area contributed by atoms with Crippen LogP contribution in [0.2, 0.25) is 0 Å². The van der Waals surface area contributed by atoms with Gasteiger partial charge in [-0.1, -0.05) is 0 Å². The fourth-order valence-electron chi connectivity index (χ4n) is 2.53. The molecule has 1 unspecified atom stereocenters. The highest BCUT2D eigenvalue weighted by atomic mass is 32.1. The van der Waals surface area contributed by atoms with Crippen LogP contribution in [0.15, 0.2) is 11.4 Å². The van der Waals surface area contributed by atoms with E-state index in [0.717, 1.165) is 6.54 Å². The molecular formula is C14H24N2S. The number of thiophene rings is 1. The number of nitrogens with zero attached hydrogens (tertiary/aromatic N) is 1. The lowest BCUT2D eigenvalue weighted by Gasteiger charge is -2.24. The average Bonchev–Trinajstić information content (AvgIpc) is 2.77. The van der Waals surface area contributed by atoms with Crippen molar-refractivity contribution in [2.45, 2.75) is 38.1 Å². The number of hydrogen-bond donors (Lipinski definition) is 1. The normalized spacial score (nSPS) is 19.6. The van der Waals surface area contributed by atoms with Crippen molar-refractivity contribution in [2.75, 3.05) is 27.2 Å². The SMILES string of the molecule is CN(C)CCCCNC1CCCc2sccc21. The second kappa shape index (κ2) is 6.53. The number of fused-ring (bicyclic) bond motifs is 1. The van der Waals surface area contributed by atoms with Gasteiger partial charge >= 0.3 is 0 Å². The Hall–Kier alpha value is -0.380. The first-order valence-corrected chi connectivity index (χ1v) is 7.59. The molecule has 0 bridgehead atoms. The second-order valence-corrected chi connectivity index (χ2v) is 6.21. The lowest BCUT2D eigenvalue weighted by Crippen LogP contribution is -2.25. The predicted octanol–water partition coefficient (Wildman–Crippen LogP) is 3.06. The lowest BCUT2D eigenvalue weighted by molar-refractivity contribution is 0.383. The highest BCUT2D eigenvalue weighted by Crippen LogP contribution is 2.33. The van der Waals surface area contributed by atoms with Crippen LogP contribution in [0.3, 0.4) is 0 Å². The molecule has 0 saturated carbocycles. The monoisotopic (exact) mass is 252 g/mol. The van der Waals surface area contributed by atoms with E-state index in [2.05, 4.69) is 35.8 Å². The van der Waals surface area contributed by atoms with Crippen LogP contribution in [0, 0.1) is 0 Å². The molecule has 1 aliphatic carbocycles. The molecule has 0 spiro atoms. The van der Waals surface area contributed by atoms with Gasteiger partial charge in [0.1, 0.15) is 0 Å². The molecule has 0 amide bonds. The minimum absolute atomic E-state index is 0.629. The van der Waals surface area contributed by atoms with E-state index in [1.54, 1.807) is 10.4 Å². The number of nitrogens with one attached hydrogen (secondary N) is 1. The van der Waals surface area contributed by atoms with Crippen molar-refractivity contribution in [3.63, 3.8) is 0 Å². The summed E-state index contributed by atoms with van der Waals surface area (Å²) in [4.78, 5) is 3.87. The van der Waals surface area contributed by atoms with Crippen LogP contribution in [0.1, 0.15) is 42.2 Å². The summed E-state index contributed by atoms with van der Waals surface area (Å²) in [6.45, 7) is 2.36. The first-order valence-electron chi connectivity index (χ1n) is 6.72. The molecule has 2 rings (SSSR count). The van der Waals surface area contributed by atoms with Crippen LogP contribution in [0.4, 0.5) is 0 Å². The van der Waals surface area contributed by atoms with Crippen molar-refractivity contribution in [2.24, 2.45) is 0 Å². The van der Waals surface area contributed by atoms with Crippen molar-refractivity contribution >= 4 is 11.3 Å². The van der Waals surface area contributed by atoms with E-state index in [0.29, 0.717) is 6.04 Å². The van der Waals surface area contributed by atoms with E-state index in [1.807, 2.05) is 11.3 Å². The van der Waals surface area contributed by atoms with Gasteiger partial charge in [0.25, 0.3) is 0 Å². The Balaban J connectivity index is 1.71. The number of hydrogen-bond acceptors (Lipinski definition) is 3. The fourth-order valence-corrected chi connectivity index (χ4v) is 3.52. The standard InChI is InChI=1S/C14H24N2S/c1-16(2)10-4-3-9-15-13-6-5-7-14-12(13)8-11-17-14/h8,11,13,15H,3-7,9-10H2,1-2H3. The van der Waals surface area contributed by atoms with E-state index < -0.39 is 0 Å². The number of unbranched alkanes of at least 4 members (excludes halogenated alkanes) is 1. The fraction of sp³-hybridized carbons (Fsp3) is 0.714. The van der Waals surface area contributed by atoms with Crippen molar-refractivity contribution in [3.05, 3.63) is 21.9 Å². The molecule has 0 radical (unpaired) electrons. The summed E-state index contributed by atoms with van der Waals surface area (Å²) in [6, 6.07) is 2.95. The minimum atomic E-state index is 0.629. The van der Waals surface area contributed by atoms with Crippen LogP contribution in [0.25, 0.3) is 0 Å². The largest absolute Gasteiger partial charge is 0.310 e. The maximum absolute atomic E-state index is 3.73. The molecule has 1 aromatic heterocycles. The van der Waals surface area contributed by atoms with Gasteiger partial charge in [-0.15, -0.1) is 11.3 Å². The summed E-state index contributed by atoms with van der Waals surface area (Å²) < 4.78 is 0. The maximum atomic E-state index is 3.73. The molecule has 1 aliphatic rings. The highest BCUT2D eigenvalue weighted by Gasteiger charge is 2.19. The summed E-state index contributed by atoms with van der Waals surface area (Å²) >= 11 is 1.93. The highest BCUT2D eigenvalue weighted by molar-refractivity contribution is 7.10. The third kappa shape index (κ3) is 3.80. The zero-order valence-electron chi connectivity index (χ0n) is 11.0. The van der Waals surface area contributed by atoms with Gasteiger partial charge < -0.3 is 10.2 Å². The first kappa shape index (κ1) is 13.1. The molecule has 0 aromatic carbocycles. The molecule has 1 atom stereocenters. The van der Waals surface area contributed by atoms with Crippen molar-refractivity contribution < 1.29 is 0 Å². The van der Waals surface area contributed by atoms with Gasteiger partial charge in [0, 0.05) is 10.9 Å². The zero-order chi connectivity index (χ0) is 12.1. The summed E-state index contributed by atoms with van der Waals surface area (Å²) in [6.07, 6.45) is 6.55. The Kier molecular flexibility index (Phi) is 5.01. The molecule has 1 aromatic rings. The van der Waals surface area contributed by atoms with Crippen molar-refractivity contribution in [1.82, 2.24) is 10.2 Å². The van der Waals surface area contributed by atoms with Crippen LogP contribution in [0.5, 0.6) is 0 Å². The molecule has 1 N–H and O–H groups in total. The molecular weight excluding hydrogens is 228 g/mol. The van der Waals surface area contributed by atoms with Crippen LogP contribution < -0.4 is 5.32 Å². The third-order valence-corrected chi connectivity index (χ3v) is 4.47. The van der Waals surface area contributed by atoms with E-state index in [9.17, 15) is 0 Å². The molecule has 17 heavy (non-hydrogen) atoms. The molecule has 3 heteroatoms. The third-order valence-electron chi connectivity index (χ3n) is 3.47. The van der Waals surface area contributed by atoms with Gasteiger partial charge in [0.2, 0.25) is 0 Å². The van der Waals surface area contributed by atoms with Crippen molar-refractivity contribution in [3.8, 4) is 0 Å². The summed E-state index contributed by atoms with van der Waals surface area (Å²) in [5.41, 5.74) is 1.58. The Labute approximate surface area is 109 Å². The molecule has 96 valence electrons. The first-order chi connectivity index (χ1) is 8.27. The van der Waals surface area contributed by atoms with Gasteiger partial charge in [-0.2, -0.15) is 0 Å².